The normalized spacial score (nSPS) is 18.8. The summed E-state index contributed by atoms with van der Waals surface area (Å²) in [5.41, 5.74) is 1.34. The SMILES string of the molecule is Cc1ccc(CN2CCn3c(CN(C)C(C)C)cnc3[C@@H]2C)s1. The molecule has 1 aliphatic heterocycles. The van der Waals surface area contributed by atoms with Crippen LogP contribution in [0.1, 0.15) is 48.1 Å². The Morgan fingerprint density at radius 2 is 2.13 bits per heavy atom. The van der Waals surface area contributed by atoms with Crippen molar-refractivity contribution in [2.24, 2.45) is 0 Å². The van der Waals surface area contributed by atoms with Crippen molar-refractivity contribution in [1.29, 1.82) is 0 Å². The highest BCUT2D eigenvalue weighted by atomic mass is 32.1. The van der Waals surface area contributed by atoms with Gasteiger partial charge in [-0.1, -0.05) is 0 Å². The van der Waals surface area contributed by atoms with E-state index < -0.39 is 0 Å². The van der Waals surface area contributed by atoms with Crippen molar-refractivity contribution in [3.8, 4) is 0 Å². The van der Waals surface area contributed by atoms with Crippen molar-refractivity contribution in [2.75, 3.05) is 13.6 Å². The molecule has 3 heterocycles. The molecular formula is C18H28N4S. The van der Waals surface area contributed by atoms with Crippen molar-refractivity contribution in [2.45, 2.75) is 59.4 Å². The number of hydrogen-bond donors (Lipinski definition) is 0. The van der Waals surface area contributed by atoms with Crippen LogP contribution in [0.4, 0.5) is 0 Å². The zero-order valence-corrected chi connectivity index (χ0v) is 15.7. The predicted molar refractivity (Wildman–Crippen MR) is 96.7 cm³/mol. The van der Waals surface area contributed by atoms with Gasteiger partial charge < -0.3 is 4.57 Å². The molecule has 1 aliphatic rings. The quantitative estimate of drug-likeness (QED) is 0.835. The van der Waals surface area contributed by atoms with E-state index in [-0.39, 0.29) is 0 Å². The zero-order valence-electron chi connectivity index (χ0n) is 14.9. The Morgan fingerprint density at radius 1 is 1.35 bits per heavy atom. The van der Waals surface area contributed by atoms with Crippen LogP contribution >= 0.6 is 11.3 Å². The van der Waals surface area contributed by atoms with Crippen LogP contribution in [0.15, 0.2) is 18.3 Å². The second-order valence-electron chi connectivity index (χ2n) is 6.93. The highest BCUT2D eigenvalue weighted by Crippen LogP contribution is 2.28. The van der Waals surface area contributed by atoms with Gasteiger partial charge in [0, 0.05) is 48.2 Å². The highest BCUT2D eigenvalue weighted by Gasteiger charge is 2.27. The molecule has 0 amide bonds. The third-order valence-corrected chi connectivity index (χ3v) is 5.93. The third kappa shape index (κ3) is 3.52. The molecule has 3 rings (SSSR count). The van der Waals surface area contributed by atoms with Crippen LogP contribution in [0.5, 0.6) is 0 Å². The van der Waals surface area contributed by atoms with Crippen LogP contribution in [0.2, 0.25) is 0 Å². The number of thiophene rings is 1. The molecule has 0 saturated heterocycles. The minimum Gasteiger partial charge on any atom is -0.328 e. The van der Waals surface area contributed by atoms with Gasteiger partial charge in [-0.05, 0) is 46.9 Å². The lowest BCUT2D eigenvalue weighted by Gasteiger charge is -2.34. The molecule has 0 aromatic carbocycles. The molecule has 23 heavy (non-hydrogen) atoms. The first-order valence-corrected chi connectivity index (χ1v) is 9.31. The maximum atomic E-state index is 4.75. The summed E-state index contributed by atoms with van der Waals surface area (Å²) in [4.78, 5) is 12.5. The minimum absolute atomic E-state index is 0.379. The molecule has 0 spiro atoms. The Labute approximate surface area is 143 Å². The lowest BCUT2D eigenvalue weighted by molar-refractivity contribution is 0.154. The fraction of sp³-hybridized carbons (Fsp3) is 0.611. The van der Waals surface area contributed by atoms with E-state index in [0.29, 0.717) is 12.1 Å². The largest absolute Gasteiger partial charge is 0.328 e. The first kappa shape index (κ1) is 16.7. The average molecular weight is 333 g/mol. The highest BCUT2D eigenvalue weighted by molar-refractivity contribution is 7.11. The van der Waals surface area contributed by atoms with E-state index in [1.54, 1.807) is 0 Å². The van der Waals surface area contributed by atoms with Crippen LogP contribution in [-0.2, 0) is 19.6 Å². The van der Waals surface area contributed by atoms with E-state index in [0.717, 1.165) is 26.2 Å². The number of aryl methyl sites for hydroxylation is 1. The van der Waals surface area contributed by atoms with Gasteiger partial charge in [-0.25, -0.2) is 4.98 Å². The lowest BCUT2D eigenvalue weighted by atomic mass is 10.2. The van der Waals surface area contributed by atoms with Crippen LogP contribution in [-0.4, -0.2) is 39.0 Å². The van der Waals surface area contributed by atoms with Crippen LogP contribution < -0.4 is 0 Å². The molecule has 5 heteroatoms. The molecule has 1 atom stereocenters. The number of imidazole rings is 1. The minimum atomic E-state index is 0.379. The van der Waals surface area contributed by atoms with E-state index in [1.807, 2.05) is 11.3 Å². The molecule has 4 nitrogen and oxygen atoms in total. The van der Waals surface area contributed by atoms with E-state index >= 15 is 0 Å². The number of nitrogens with zero attached hydrogens (tertiary/aromatic N) is 4. The molecule has 0 saturated carbocycles. The van der Waals surface area contributed by atoms with Crippen molar-refractivity contribution in [1.82, 2.24) is 19.4 Å². The maximum absolute atomic E-state index is 4.75. The summed E-state index contributed by atoms with van der Waals surface area (Å²) in [6, 6.07) is 5.41. The molecule has 126 valence electrons. The first-order chi connectivity index (χ1) is 11.0. The molecule has 0 unspecified atom stereocenters. The molecule has 2 aromatic heterocycles. The Hall–Kier alpha value is -1.17. The zero-order chi connectivity index (χ0) is 16.6. The maximum Gasteiger partial charge on any atom is 0.126 e. The van der Waals surface area contributed by atoms with Crippen molar-refractivity contribution in [3.05, 3.63) is 39.6 Å². The van der Waals surface area contributed by atoms with Gasteiger partial charge in [0.15, 0.2) is 0 Å². The Kier molecular flexibility index (Phi) is 4.90. The topological polar surface area (TPSA) is 24.3 Å². The van der Waals surface area contributed by atoms with Crippen molar-refractivity contribution in [3.63, 3.8) is 0 Å². The summed E-state index contributed by atoms with van der Waals surface area (Å²) in [6.45, 7) is 13.1. The lowest BCUT2D eigenvalue weighted by Crippen LogP contribution is -2.37. The van der Waals surface area contributed by atoms with Crippen LogP contribution in [0, 0.1) is 6.92 Å². The van der Waals surface area contributed by atoms with E-state index in [1.165, 1.54) is 21.3 Å². The van der Waals surface area contributed by atoms with E-state index in [4.69, 9.17) is 4.98 Å². The van der Waals surface area contributed by atoms with Gasteiger partial charge in [-0.15, -0.1) is 11.3 Å². The van der Waals surface area contributed by atoms with Gasteiger partial charge in [0.1, 0.15) is 5.82 Å². The van der Waals surface area contributed by atoms with Crippen molar-refractivity contribution < 1.29 is 0 Å². The summed E-state index contributed by atoms with van der Waals surface area (Å²) in [5, 5.41) is 0. The Balaban J connectivity index is 1.73. The summed E-state index contributed by atoms with van der Waals surface area (Å²) in [6.07, 6.45) is 2.07. The monoisotopic (exact) mass is 332 g/mol. The molecule has 0 bridgehead atoms. The third-order valence-electron chi connectivity index (χ3n) is 4.95. The second-order valence-corrected chi connectivity index (χ2v) is 8.30. The van der Waals surface area contributed by atoms with E-state index in [2.05, 4.69) is 67.4 Å². The van der Waals surface area contributed by atoms with Gasteiger partial charge in [0.05, 0.1) is 11.7 Å². The number of fused-ring (bicyclic) bond motifs is 1. The molecule has 2 aromatic rings. The Morgan fingerprint density at radius 3 is 2.78 bits per heavy atom. The summed E-state index contributed by atoms with van der Waals surface area (Å²) < 4.78 is 2.43. The fourth-order valence-electron chi connectivity index (χ4n) is 3.15. The number of hydrogen-bond acceptors (Lipinski definition) is 4. The summed E-state index contributed by atoms with van der Waals surface area (Å²) >= 11 is 1.91. The molecule has 0 radical (unpaired) electrons. The number of rotatable bonds is 5. The standard InChI is InChI=1S/C18H28N4S/c1-13(2)20(5)11-16-10-19-18-15(4)21(8-9-22(16)18)12-17-7-6-14(3)23-17/h6-7,10,13,15H,8-9,11-12H2,1-5H3/t15-/m0/s1. The van der Waals surface area contributed by atoms with Gasteiger partial charge in [0.25, 0.3) is 0 Å². The Bertz CT molecular complexity index is 658. The summed E-state index contributed by atoms with van der Waals surface area (Å²) in [5.74, 6) is 1.22. The first-order valence-electron chi connectivity index (χ1n) is 8.49. The number of aromatic nitrogens is 2. The molecular weight excluding hydrogens is 304 g/mol. The second kappa shape index (κ2) is 6.75. The van der Waals surface area contributed by atoms with Gasteiger partial charge in [0.2, 0.25) is 0 Å². The molecule has 0 aliphatic carbocycles. The van der Waals surface area contributed by atoms with E-state index in [9.17, 15) is 0 Å². The van der Waals surface area contributed by atoms with Gasteiger partial charge >= 0.3 is 0 Å². The average Bonchev–Trinajstić information content (AvgIpc) is 3.09. The van der Waals surface area contributed by atoms with Gasteiger partial charge in [-0.2, -0.15) is 0 Å². The predicted octanol–water partition coefficient (Wildman–Crippen LogP) is 3.67. The summed E-state index contributed by atoms with van der Waals surface area (Å²) in [7, 11) is 2.18. The fourth-order valence-corrected chi connectivity index (χ4v) is 4.07. The molecule has 0 fully saturated rings. The molecule has 0 N–H and O–H groups in total. The van der Waals surface area contributed by atoms with Crippen molar-refractivity contribution >= 4 is 11.3 Å². The van der Waals surface area contributed by atoms with Crippen LogP contribution in [0.3, 0.4) is 0 Å². The van der Waals surface area contributed by atoms with Crippen LogP contribution in [0.25, 0.3) is 0 Å². The van der Waals surface area contributed by atoms with Gasteiger partial charge in [-0.3, -0.25) is 9.80 Å². The smallest absolute Gasteiger partial charge is 0.126 e.